The van der Waals surface area contributed by atoms with Crippen LogP contribution >= 0.6 is 39.9 Å². The molecule has 0 aromatic heterocycles. The van der Waals surface area contributed by atoms with Crippen molar-refractivity contribution in [2.45, 2.75) is 0 Å². The molecule has 1 amide bonds. The molecule has 1 heterocycles. The topological polar surface area (TPSA) is 38.8 Å². The fraction of sp³-hybridized carbons (Fsp3) is 0.111. The highest BCUT2D eigenvalue weighted by Gasteiger charge is 2.33. The van der Waals surface area contributed by atoms with E-state index in [4.69, 9.17) is 21.7 Å². The molecular weight excluding hydrogens is 422 g/mol. The van der Waals surface area contributed by atoms with Crippen molar-refractivity contribution in [1.29, 1.82) is 0 Å². The van der Waals surface area contributed by atoms with Crippen molar-refractivity contribution in [3.8, 4) is 11.5 Å². The fourth-order valence-corrected chi connectivity index (χ4v) is 4.15. The van der Waals surface area contributed by atoms with Crippen LogP contribution in [-0.4, -0.2) is 24.4 Å². The minimum absolute atomic E-state index is 0.155. The number of rotatable bonds is 4. The van der Waals surface area contributed by atoms with Crippen LogP contribution in [0.5, 0.6) is 11.5 Å². The van der Waals surface area contributed by atoms with Crippen molar-refractivity contribution in [3.05, 3.63) is 57.4 Å². The number of hydrogen-bond donors (Lipinski definition) is 0. The van der Waals surface area contributed by atoms with E-state index in [1.807, 2.05) is 42.5 Å². The standard InChI is InChI=1S/C18H14BrNO3S2/c1-22-14-8-3-5-11(16(14)23-2)9-15-17(21)20(18(24)25-15)13-7-4-6-12(19)10-13/h3-10H,1-2H3/b15-9+. The molecule has 0 N–H and O–H groups in total. The number of carbonyl (C=O) groups is 1. The summed E-state index contributed by atoms with van der Waals surface area (Å²) in [7, 11) is 3.15. The van der Waals surface area contributed by atoms with Gasteiger partial charge in [0, 0.05) is 10.0 Å². The van der Waals surface area contributed by atoms with Crippen LogP contribution in [0.4, 0.5) is 5.69 Å². The van der Waals surface area contributed by atoms with E-state index in [2.05, 4.69) is 15.9 Å². The van der Waals surface area contributed by atoms with Crippen LogP contribution < -0.4 is 14.4 Å². The van der Waals surface area contributed by atoms with Crippen molar-refractivity contribution in [2.24, 2.45) is 0 Å². The lowest BCUT2D eigenvalue weighted by molar-refractivity contribution is -0.113. The van der Waals surface area contributed by atoms with Gasteiger partial charge in [-0.05, 0) is 30.3 Å². The van der Waals surface area contributed by atoms with E-state index in [0.717, 1.165) is 15.7 Å². The van der Waals surface area contributed by atoms with Gasteiger partial charge in [-0.25, -0.2) is 0 Å². The number of ether oxygens (including phenoxy) is 2. The van der Waals surface area contributed by atoms with Crippen molar-refractivity contribution < 1.29 is 14.3 Å². The zero-order valence-corrected chi connectivity index (χ0v) is 16.7. The first-order valence-electron chi connectivity index (χ1n) is 7.29. The summed E-state index contributed by atoms with van der Waals surface area (Å²) in [4.78, 5) is 14.9. The van der Waals surface area contributed by atoms with Crippen LogP contribution in [0.3, 0.4) is 0 Å². The monoisotopic (exact) mass is 435 g/mol. The highest BCUT2D eigenvalue weighted by molar-refractivity contribution is 9.10. The Balaban J connectivity index is 1.99. The van der Waals surface area contributed by atoms with Crippen LogP contribution in [0.1, 0.15) is 5.56 Å². The Morgan fingerprint density at radius 1 is 1.16 bits per heavy atom. The number of methoxy groups -OCH3 is 2. The molecular formula is C18H14BrNO3S2. The Hall–Kier alpha value is -1.83. The number of hydrogen-bond acceptors (Lipinski definition) is 5. The number of amides is 1. The second kappa shape index (κ2) is 7.59. The summed E-state index contributed by atoms with van der Waals surface area (Å²) in [5.41, 5.74) is 1.49. The first kappa shape index (κ1) is 18.0. The molecule has 1 aliphatic heterocycles. The van der Waals surface area contributed by atoms with Gasteiger partial charge in [0.15, 0.2) is 15.8 Å². The zero-order chi connectivity index (χ0) is 18.0. The summed E-state index contributed by atoms with van der Waals surface area (Å²) in [6.45, 7) is 0. The number of halogens is 1. The third-order valence-electron chi connectivity index (χ3n) is 3.58. The molecule has 128 valence electrons. The molecule has 25 heavy (non-hydrogen) atoms. The number of para-hydroxylation sites is 1. The second-order valence-corrected chi connectivity index (χ2v) is 7.67. The van der Waals surface area contributed by atoms with Gasteiger partial charge in [0.05, 0.1) is 24.8 Å². The van der Waals surface area contributed by atoms with Gasteiger partial charge in [0.2, 0.25) is 0 Å². The Morgan fingerprint density at radius 3 is 2.60 bits per heavy atom. The summed E-state index contributed by atoms with van der Waals surface area (Å²) in [5, 5.41) is 0. The highest BCUT2D eigenvalue weighted by atomic mass is 79.9. The molecule has 0 atom stereocenters. The molecule has 0 unspecified atom stereocenters. The Labute approximate surface area is 163 Å². The third kappa shape index (κ3) is 3.58. The molecule has 1 fully saturated rings. The van der Waals surface area contributed by atoms with E-state index in [-0.39, 0.29) is 5.91 Å². The van der Waals surface area contributed by atoms with Gasteiger partial charge in [-0.1, -0.05) is 58.1 Å². The van der Waals surface area contributed by atoms with Crippen molar-refractivity contribution >= 4 is 61.9 Å². The maximum absolute atomic E-state index is 12.8. The average Bonchev–Trinajstić information content (AvgIpc) is 2.88. The predicted molar refractivity (Wildman–Crippen MR) is 109 cm³/mol. The highest BCUT2D eigenvalue weighted by Crippen LogP contribution is 2.39. The number of nitrogens with zero attached hydrogens (tertiary/aromatic N) is 1. The van der Waals surface area contributed by atoms with Crippen LogP contribution in [-0.2, 0) is 4.79 Å². The van der Waals surface area contributed by atoms with E-state index in [9.17, 15) is 4.79 Å². The van der Waals surface area contributed by atoms with Gasteiger partial charge in [-0.2, -0.15) is 0 Å². The normalized spacial score (nSPS) is 15.8. The first-order chi connectivity index (χ1) is 12.0. The van der Waals surface area contributed by atoms with E-state index < -0.39 is 0 Å². The number of thiocarbonyl (C=S) groups is 1. The summed E-state index contributed by atoms with van der Waals surface area (Å²) < 4.78 is 12.1. The molecule has 7 heteroatoms. The van der Waals surface area contributed by atoms with Crippen LogP contribution in [0.25, 0.3) is 6.08 Å². The molecule has 2 aromatic rings. The molecule has 3 rings (SSSR count). The van der Waals surface area contributed by atoms with Crippen LogP contribution in [0, 0.1) is 0 Å². The summed E-state index contributed by atoms with van der Waals surface area (Å²) in [6, 6.07) is 13.0. The van der Waals surface area contributed by atoms with Crippen molar-refractivity contribution in [3.63, 3.8) is 0 Å². The van der Waals surface area contributed by atoms with Gasteiger partial charge >= 0.3 is 0 Å². The van der Waals surface area contributed by atoms with Crippen LogP contribution in [0.2, 0.25) is 0 Å². The lowest BCUT2D eigenvalue weighted by Crippen LogP contribution is -2.27. The van der Waals surface area contributed by atoms with E-state index >= 15 is 0 Å². The minimum atomic E-state index is -0.155. The summed E-state index contributed by atoms with van der Waals surface area (Å²) in [6.07, 6.45) is 1.78. The van der Waals surface area contributed by atoms with Crippen molar-refractivity contribution in [1.82, 2.24) is 0 Å². The molecule has 0 saturated carbocycles. The lowest BCUT2D eigenvalue weighted by atomic mass is 10.1. The van der Waals surface area contributed by atoms with Gasteiger partial charge in [0.1, 0.15) is 0 Å². The van der Waals surface area contributed by atoms with Gasteiger partial charge < -0.3 is 9.47 Å². The van der Waals surface area contributed by atoms with E-state index in [1.54, 1.807) is 20.3 Å². The van der Waals surface area contributed by atoms with E-state index in [1.165, 1.54) is 16.7 Å². The van der Waals surface area contributed by atoms with Crippen molar-refractivity contribution in [2.75, 3.05) is 19.1 Å². The fourth-order valence-electron chi connectivity index (χ4n) is 2.47. The maximum Gasteiger partial charge on any atom is 0.270 e. The lowest BCUT2D eigenvalue weighted by Gasteiger charge is -2.14. The van der Waals surface area contributed by atoms with Gasteiger partial charge in [-0.3, -0.25) is 9.69 Å². The molecule has 0 spiro atoms. The maximum atomic E-state index is 12.8. The Kier molecular flexibility index (Phi) is 5.46. The largest absolute Gasteiger partial charge is 0.493 e. The minimum Gasteiger partial charge on any atom is -0.493 e. The smallest absolute Gasteiger partial charge is 0.270 e. The number of benzene rings is 2. The van der Waals surface area contributed by atoms with Gasteiger partial charge in [-0.15, -0.1) is 0 Å². The number of carbonyl (C=O) groups excluding carboxylic acids is 1. The Morgan fingerprint density at radius 2 is 1.92 bits per heavy atom. The number of anilines is 1. The molecule has 0 bridgehead atoms. The zero-order valence-electron chi connectivity index (χ0n) is 13.5. The third-order valence-corrected chi connectivity index (χ3v) is 5.38. The van der Waals surface area contributed by atoms with E-state index in [0.29, 0.717) is 20.7 Å². The first-order valence-corrected chi connectivity index (χ1v) is 9.31. The average molecular weight is 436 g/mol. The Bertz CT molecular complexity index is 882. The SMILES string of the molecule is COc1cccc(/C=C2/SC(=S)N(c3cccc(Br)c3)C2=O)c1OC. The van der Waals surface area contributed by atoms with Gasteiger partial charge in [0.25, 0.3) is 5.91 Å². The molecule has 1 aliphatic rings. The van der Waals surface area contributed by atoms with Crippen LogP contribution in [0.15, 0.2) is 51.8 Å². The molecule has 4 nitrogen and oxygen atoms in total. The molecule has 2 aromatic carbocycles. The molecule has 0 aliphatic carbocycles. The second-order valence-electron chi connectivity index (χ2n) is 5.08. The predicted octanol–water partition coefficient (Wildman–Crippen LogP) is 4.87. The molecule has 1 saturated heterocycles. The molecule has 0 radical (unpaired) electrons. The quantitative estimate of drug-likeness (QED) is 0.505. The number of thioether (sulfide) groups is 1. The summed E-state index contributed by atoms with van der Waals surface area (Å²) in [5.74, 6) is 1.04. The summed E-state index contributed by atoms with van der Waals surface area (Å²) >= 11 is 10.1.